The number of nitrogens with two attached hydrogens (primary N) is 1. The van der Waals surface area contributed by atoms with E-state index in [0.29, 0.717) is 29.7 Å². The smallest absolute Gasteiger partial charge is 0.248 e. The Bertz CT molecular complexity index is 1380. The van der Waals surface area contributed by atoms with Crippen LogP contribution in [-0.2, 0) is 0 Å². The minimum atomic E-state index is 0.346. The molecule has 152 valence electrons. The summed E-state index contributed by atoms with van der Waals surface area (Å²) in [5, 5.41) is 4.55. The van der Waals surface area contributed by atoms with Crippen LogP contribution in [0, 0.1) is 0 Å². The van der Waals surface area contributed by atoms with Crippen molar-refractivity contribution >= 4 is 38.7 Å². The van der Waals surface area contributed by atoms with E-state index in [0.717, 1.165) is 21.8 Å². The lowest BCUT2D eigenvalue weighted by atomic mass is 10.1. The number of anilines is 3. The van der Waals surface area contributed by atoms with Gasteiger partial charge in [0, 0.05) is 11.9 Å². The topological polar surface area (TPSA) is 64.3 Å². The number of nitrogens with zero attached hydrogens (tertiary/aromatic N) is 3. The fourth-order valence-electron chi connectivity index (χ4n) is 3.89. The van der Waals surface area contributed by atoms with E-state index in [9.17, 15) is 0 Å². The summed E-state index contributed by atoms with van der Waals surface area (Å²) in [6.45, 7) is 2.78. The summed E-state index contributed by atoms with van der Waals surface area (Å²) in [6.07, 6.45) is 1.50. The number of nitrogen functional groups attached to an aromatic ring is 1. The van der Waals surface area contributed by atoms with Crippen molar-refractivity contribution in [1.82, 2.24) is 9.97 Å². The van der Waals surface area contributed by atoms with Crippen LogP contribution in [0.25, 0.3) is 21.5 Å². The van der Waals surface area contributed by atoms with Gasteiger partial charge in [0.15, 0.2) is 5.82 Å². The zero-order valence-corrected chi connectivity index (χ0v) is 17.2. The van der Waals surface area contributed by atoms with Gasteiger partial charge in [-0.1, -0.05) is 66.7 Å². The molecule has 1 heterocycles. The Kier molecular flexibility index (Phi) is 4.84. The van der Waals surface area contributed by atoms with Gasteiger partial charge < -0.3 is 15.4 Å². The van der Waals surface area contributed by atoms with E-state index in [1.807, 2.05) is 48.5 Å². The van der Waals surface area contributed by atoms with Crippen LogP contribution in [0.5, 0.6) is 11.6 Å². The Morgan fingerprint density at radius 2 is 1.55 bits per heavy atom. The van der Waals surface area contributed by atoms with Crippen LogP contribution in [0.4, 0.5) is 17.2 Å². The maximum Gasteiger partial charge on any atom is 0.248 e. The number of hydrogen-bond acceptors (Lipinski definition) is 5. The van der Waals surface area contributed by atoms with Crippen molar-refractivity contribution in [3.8, 4) is 11.6 Å². The lowest BCUT2D eigenvalue weighted by Gasteiger charge is -2.25. The van der Waals surface area contributed by atoms with E-state index in [2.05, 4.69) is 58.2 Å². The van der Waals surface area contributed by atoms with Crippen LogP contribution in [0.2, 0.25) is 0 Å². The summed E-state index contributed by atoms with van der Waals surface area (Å²) in [6, 6.07) is 28.6. The first kappa shape index (κ1) is 18.9. The monoisotopic (exact) mass is 406 g/mol. The molecule has 0 aliphatic carbocycles. The lowest BCUT2D eigenvalue weighted by molar-refractivity contribution is 0.465. The van der Waals surface area contributed by atoms with Crippen LogP contribution in [-0.4, -0.2) is 16.5 Å². The minimum Gasteiger partial charge on any atom is -0.437 e. The van der Waals surface area contributed by atoms with E-state index in [1.165, 1.54) is 11.7 Å². The van der Waals surface area contributed by atoms with Crippen LogP contribution < -0.4 is 15.4 Å². The summed E-state index contributed by atoms with van der Waals surface area (Å²) in [4.78, 5) is 10.9. The maximum absolute atomic E-state index is 6.51. The summed E-state index contributed by atoms with van der Waals surface area (Å²) in [7, 11) is 0. The Balaban J connectivity index is 1.54. The van der Waals surface area contributed by atoms with Crippen LogP contribution >= 0.6 is 0 Å². The highest BCUT2D eigenvalue weighted by molar-refractivity contribution is 5.96. The first-order chi connectivity index (χ1) is 15.2. The van der Waals surface area contributed by atoms with Crippen LogP contribution in [0.1, 0.15) is 6.92 Å². The minimum absolute atomic E-state index is 0.346. The second kappa shape index (κ2) is 7.95. The van der Waals surface area contributed by atoms with Crippen molar-refractivity contribution in [2.24, 2.45) is 0 Å². The highest BCUT2D eigenvalue weighted by atomic mass is 16.5. The van der Waals surface area contributed by atoms with Gasteiger partial charge in [-0.2, -0.15) is 4.98 Å². The molecule has 0 unspecified atom stereocenters. The molecule has 31 heavy (non-hydrogen) atoms. The average Bonchev–Trinajstić information content (AvgIpc) is 2.82. The molecule has 0 amide bonds. The fourth-order valence-corrected chi connectivity index (χ4v) is 3.89. The van der Waals surface area contributed by atoms with Gasteiger partial charge in [-0.05, 0) is 41.3 Å². The zero-order valence-electron chi connectivity index (χ0n) is 17.2. The first-order valence-electron chi connectivity index (χ1n) is 10.3. The maximum atomic E-state index is 6.51. The van der Waals surface area contributed by atoms with Crippen molar-refractivity contribution in [3.63, 3.8) is 0 Å². The van der Waals surface area contributed by atoms with Gasteiger partial charge >= 0.3 is 0 Å². The molecule has 5 aromatic rings. The Morgan fingerprint density at radius 1 is 0.806 bits per heavy atom. The molecule has 0 spiro atoms. The van der Waals surface area contributed by atoms with Crippen molar-refractivity contribution in [1.29, 1.82) is 0 Å². The Labute approximate surface area is 180 Å². The highest BCUT2D eigenvalue weighted by Crippen LogP contribution is 2.37. The molecule has 0 bridgehead atoms. The standard InChI is InChI=1S/C26H22N4O/c1-2-30(23-13-7-11-19-9-5-6-12-22(19)23)25-24(27)26(29-17-28-25)31-21-15-14-18-8-3-4-10-20(18)16-21/h3-17H,2,27H2,1H3. The number of aromatic nitrogens is 2. The average molecular weight is 406 g/mol. The molecule has 0 saturated carbocycles. The van der Waals surface area contributed by atoms with Crippen LogP contribution in [0.15, 0.2) is 91.3 Å². The second-order valence-corrected chi connectivity index (χ2v) is 7.27. The molecule has 0 saturated heterocycles. The number of ether oxygens (including phenoxy) is 1. The molecule has 0 aliphatic heterocycles. The first-order valence-corrected chi connectivity index (χ1v) is 10.3. The zero-order chi connectivity index (χ0) is 21.2. The van der Waals surface area contributed by atoms with Gasteiger partial charge in [0.05, 0.1) is 5.69 Å². The quantitative estimate of drug-likeness (QED) is 0.370. The number of fused-ring (bicyclic) bond motifs is 2. The fraction of sp³-hybridized carbons (Fsp3) is 0.0769. The van der Waals surface area contributed by atoms with Gasteiger partial charge in [-0.15, -0.1) is 0 Å². The lowest BCUT2D eigenvalue weighted by Crippen LogP contribution is -2.19. The predicted octanol–water partition coefficient (Wildman–Crippen LogP) is 6.32. The van der Waals surface area contributed by atoms with Gasteiger partial charge in [-0.3, -0.25) is 0 Å². The third-order valence-corrected chi connectivity index (χ3v) is 5.39. The van der Waals surface area contributed by atoms with E-state index >= 15 is 0 Å². The molecule has 0 aliphatic rings. The predicted molar refractivity (Wildman–Crippen MR) is 127 cm³/mol. The third kappa shape index (κ3) is 3.51. The summed E-state index contributed by atoms with van der Waals surface area (Å²) in [5.41, 5.74) is 7.96. The normalized spacial score (nSPS) is 11.0. The van der Waals surface area contributed by atoms with E-state index in [4.69, 9.17) is 10.5 Å². The SMILES string of the molecule is CCN(c1ncnc(Oc2ccc3ccccc3c2)c1N)c1cccc2ccccc12. The van der Waals surface area contributed by atoms with Crippen molar-refractivity contribution in [2.45, 2.75) is 6.92 Å². The van der Waals surface area contributed by atoms with E-state index in [-0.39, 0.29) is 0 Å². The summed E-state index contributed by atoms with van der Waals surface area (Å²) in [5.74, 6) is 1.66. The third-order valence-electron chi connectivity index (χ3n) is 5.39. The van der Waals surface area contributed by atoms with Crippen LogP contribution in [0.3, 0.4) is 0 Å². The Morgan fingerprint density at radius 3 is 2.39 bits per heavy atom. The largest absolute Gasteiger partial charge is 0.437 e. The van der Waals surface area contributed by atoms with Gasteiger partial charge in [0.25, 0.3) is 0 Å². The van der Waals surface area contributed by atoms with Gasteiger partial charge in [0.2, 0.25) is 5.88 Å². The molecular formula is C26H22N4O. The molecule has 5 rings (SSSR count). The number of rotatable bonds is 5. The van der Waals surface area contributed by atoms with Crippen molar-refractivity contribution in [2.75, 3.05) is 17.2 Å². The van der Waals surface area contributed by atoms with Gasteiger partial charge in [0.1, 0.15) is 17.8 Å². The van der Waals surface area contributed by atoms with Crippen molar-refractivity contribution < 1.29 is 4.74 Å². The molecule has 5 heteroatoms. The molecular weight excluding hydrogens is 384 g/mol. The highest BCUT2D eigenvalue weighted by Gasteiger charge is 2.18. The summed E-state index contributed by atoms with van der Waals surface area (Å²) >= 11 is 0. The summed E-state index contributed by atoms with van der Waals surface area (Å²) < 4.78 is 6.07. The molecule has 1 aromatic heterocycles. The molecule has 0 atom stereocenters. The Hall–Kier alpha value is -4.12. The van der Waals surface area contributed by atoms with E-state index in [1.54, 1.807) is 0 Å². The second-order valence-electron chi connectivity index (χ2n) is 7.27. The molecule has 0 fully saturated rings. The molecule has 4 aromatic carbocycles. The number of hydrogen-bond donors (Lipinski definition) is 1. The van der Waals surface area contributed by atoms with Gasteiger partial charge in [-0.25, -0.2) is 4.98 Å². The van der Waals surface area contributed by atoms with E-state index < -0.39 is 0 Å². The number of benzene rings is 4. The van der Waals surface area contributed by atoms with Crippen molar-refractivity contribution in [3.05, 3.63) is 91.3 Å². The molecule has 0 radical (unpaired) electrons. The molecule has 2 N–H and O–H groups in total. The molecule has 5 nitrogen and oxygen atoms in total.